The average molecular weight is 331 g/mol. The average Bonchev–Trinajstić information content (AvgIpc) is 2.81. The second-order valence-corrected chi connectivity index (χ2v) is 6.66. The maximum absolute atomic E-state index is 9.89. The van der Waals surface area contributed by atoms with E-state index in [4.69, 9.17) is 10.5 Å². The Morgan fingerprint density at radius 3 is 3.04 bits per heavy atom. The topological polar surface area (TPSA) is 71.6 Å². The summed E-state index contributed by atoms with van der Waals surface area (Å²) in [5.74, 6) is 1.00. The van der Waals surface area contributed by atoms with E-state index in [0.29, 0.717) is 5.13 Å². The van der Waals surface area contributed by atoms with Gasteiger partial charge in [-0.2, -0.15) is 0 Å². The molecule has 0 fully saturated rings. The van der Waals surface area contributed by atoms with E-state index in [0.717, 1.165) is 49.5 Å². The van der Waals surface area contributed by atoms with Crippen LogP contribution in [0.2, 0.25) is 0 Å². The van der Waals surface area contributed by atoms with E-state index in [1.165, 1.54) is 4.88 Å². The van der Waals surface area contributed by atoms with Crippen molar-refractivity contribution >= 4 is 22.5 Å². The number of nitrogens with zero attached hydrogens (tertiary/aromatic N) is 2. The number of ether oxygens (including phenoxy) is 1. The molecule has 0 radical (unpaired) electrons. The summed E-state index contributed by atoms with van der Waals surface area (Å²) in [6, 6.07) is 5.23. The summed E-state index contributed by atoms with van der Waals surface area (Å²) >= 11 is 1.61. The van der Waals surface area contributed by atoms with Gasteiger partial charge in [0, 0.05) is 36.5 Å². The number of phenolic OH excluding ortho intramolecular Hbond substituents is 1. The molecule has 5 nitrogen and oxygen atoms in total. The van der Waals surface area contributed by atoms with Gasteiger partial charge in [-0.25, -0.2) is 4.98 Å². The van der Waals surface area contributed by atoms with E-state index >= 15 is 0 Å². The number of hydrogen-bond donors (Lipinski definition) is 2. The second kappa shape index (κ2) is 7.02. The zero-order valence-electron chi connectivity index (χ0n) is 13.2. The third-order valence-corrected chi connectivity index (χ3v) is 5.00. The highest BCUT2D eigenvalue weighted by atomic mass is 32.1. The highest BCUT2D eigenvalue weighted by Gasteiger charge is 2.16. The number of methoxy groups -OCH3 is 1. The summed E-state index contributed by atoms with van der Waals surface area (Å²) in [7, 11) is 1.62. The number of phenols is 1. The molecule has 0 saturated heterocycles. The summed E-state index contributed by atoms with van der Waals surface area (Å²) in [4.78, 5) is 8.11. The van der Waals surface area contributed by atoms with Crippen molar-refractivity contribution in [1.82, 2.24) is 9.88 Å². The fourth-order valence-corrected chi connectivity index (χ4v) is 3.60. The Kier molecular flexibility index (Phi) is 4.83. The highest BCUT2D eigenvalue weighted by Crippen LogP contribution is 2.25. The van der Waals surface area contributed by atoms with E-state index < -0.39 is 0 Å². The largest absolute Gasteiger partial charge is 0.507 e. The number of anilines is 1. The summed E-state index contributed by atoms with van der Waals surface area (Å²) in [6.07, 6.45) is 5.97. The van der Waals surface area contributed by atoms with Crippen LogP contribution in [0.5, 0.6) is 11.5 Å². The first-order valence-electron chi connectivity index (χ1n) is 7.65. The van der Waals surface area contributed by atoms with Crippen molar-refractivity contribution in [3.63, 3.8) is 0 Å². The first-order valence-corrected chi connectivity index (χ1v) is 8.47. The van der Waals surface area contributed by atoms with Gasteiger partial charge in [0.1, 0.15) is 11.5 Å². The Bertz CT molecular complexity index is 686. The lowest BCUT2D eigenvalue weighted by Gasteiger charge is -2.17. The van der Waals surface area contributed by atoms with E-state index in [2.05, 4.69) is 16.0 Å². The molecule has 6 heteroatoms. The Balaban J connectivity index is 1.59. The van der Waals surface area contributed by atoms with E-state index in [1.807, 2.05) is 12.1 Å². The number of aromatic hydroxyl groups is 1. The third-order valence-electron chi connectivity index (χ3n) is 4.01. The van der Waals surface area contributed by atoms with Crippen LogP contribution in [0.3, 0.4) is 0 Å². The van der Waals surface area contributed by atoms with E-state index in [9.17, 15) is 5.11 Å². The first kappa shape index (κ1) is 15.8. The predicted molar refractivity (Wildman–Crippen MR) is 94.1 cm³/mol. The number of fused-ring (bicyclic) bond motifs is 1. The van der Waals surface area contributed by atoms with Crippen LogP contribution in [0.1, 0.15) is 16.1 Å². The van der Waals surface area contributed by atoms with Gasteiger partial charge in [-0.1, -0.05) is 12.2 Å². The lowest BCUT2D eigenvalue weighted by molar-refractivity contribution is 0.318. The second-order valence-electron chi connectivity index (χ2n) is 5.55. The number of rotatable bonds is 4. The Labute approximate surface area is 140 Å². The van der Waals surface area contributed by atoms with Crippen LogP contribution >= 0.6 is 11.3 Å². The summed E-state index contributed by atoms with van der Waals surface area (Å²) in [6.45, 7) is 2.83. The number of nitrogen functional groups attached to an aromatic ring is 1. The lowest BCUT2D eigenvalue weighted by Crippen LogP contribution is -2.26. The summed E-state index contributed by atoms with van der Waals surface area (Å²) in [5, 5.41) is 10.6. The van der Waals surface area contributed by atoms with Crippen molar-refractivity contribution in [2.45, 2.75) is 12.8 Å². The molecule has 1 aliphatic rings. The number of hydrogen-bond acceptors (Lipinski definition) is 6. The van der Waals surface area contributed by atoms with Gasteiger partial charge in [0.25, 0.3) is 0 Å². The molecule has 2 heterocycles. The van der Waals surface area contributed by atoms with Crippen LogP contribution in [0.25, 0.3) is 6.08 Å². The lowest BCUT2D eigenvalue weighted by atomic mass is 10.1. The molecule has 3 N–H and O–H groups in total. The molecule has 0 aliphatic carbocycles. The zero-order valence-corrected chi connectivity index (χ0v) is 14.0. The molecule has 1 aromatic carbocycles. The van der Waals surface area contributed by atoms with Crippen molar-refractivity contribution in [2.24, 2.45) is 0 Å². The van der Waals surface area contributed by atoms with Crippen LogP contribution in [0.4, 0.5) is 5.13 Å². The van der Waals surface area contributed by atoms with E-state index in [-0.39, 0.29) is 5.75 Å². The number of benzene rings is 1. The molecule has 0 bridgehead atoms. The van der Waals surface area contributed by atoms with Gasteiger partial charge in [0.05, 0.1) is 12.8 Å². The van der Waals surface area contributed by atoms with Crippen molar-refractivity contribution < 1.29 is 9.84 Å². The van der Waals surface area contributed by atoms with Crippen molar-refractivity contribution in [1.29, 1.82) is 0 Å². The van der Waals surface area contributed by atoms with Crippen LogP contribution in [-0.2, 0) is 12.8 Å². The van der Waals surface area contributed by atoms with Crippen LogP contribution < -0.4 is 10.5 Å². The Morgan fingerprint density at radius 2 is 2.22 bits per heavy atom. The normalized spacial score (nSPS) is 15.5. The van der Waals surface area contributed by atoms with Crippen molar-refractivity contribution in [3.05, 3.63) is 40.4 Å². The van der Waals surface area contributed by atoms with Crippen molar-refractivity contribution in [3.8, 4) is 11.5 Å². The number of nitrogens with two attached hydrogens (primary N) is 1. The van der Waals surface area contributed by atoms with Gasteiger partial charge in [-0.15, -0.1) is 11.3 Å². The summed E-state index contributed by atoms with van der Waals surface area (Å²) < 4.78 is 5.19. The minimum atomic E-state index is 0.264. The fraction of sp³-hybridized carbons (Fsp3) is 0.353. The monoisotopic (exact) mass is 331 g/mol. The molecule has 1 aliphatic heterocycles. The molecule has 1 aromatic heterocycles. The van der Waals surface area contributed by atoms with Gasteiger partial charge in [0.15, 0.2) is 5.13 Å². The molecular formula is C17H21N3O2S. The maximum atomic E-state index is 9.89. The van der Waals surface area contributed by atoms with Gasteiger partial charge in [0.2, 0.25) is 0 Å². The van der Waals surface area contributed by atoms with Gasteiger partial charge in [-0.05, 0) is 24.6 Å². The molecule has 122 valence electrons. The highest BCUT2D eigenvalue weighted by molar-refractivity contribution is 7.15. The Hall–Kier alpha value is -2.05. The number of thiazole rings is 1. The predicted octanol–water partition coefficient (Wildman–Crippen LogP) is 2.55. The molecule has 0 unspecified atom stereocenters. The first-order chi connectivity index (χ1) is 11.2. The number of aromatic nitrogens is 1. The standard InChI is InChI=1S/C17H21N3O2S/c1-22-13-4-5-15(21)12(11-13)3-2-8-20-9-6-14-16(7-10-20)23-17(18)19-14/h2-5,11,21H,6-10H2,1H3,(H2,18,19). The molecule has 0 amide bonds. The molecule has 2 aromatic rings. The Morgan fingerprint density at radius 1 is 1.39 bits per heavy atom. The van der Waals surface area contributed by atoms with Crippen molar-refractivity contribution in [2.75, 3.05) is 32.5 Å². The van der Waals surface area contributed by atoms with Crippen LogP contribution in [0.15, 0.2) is 24.3 Å². The molecule has 0 atom stereocenters. The molecule has 0 spiro atoms. The fourth-order valence-electron chi connectivity index (χ4n) is 2.73. The quantitative estimate of drug-likeness (QED) is 0.901. The van der Waals surface area contributed by atoms with Gasteiger partial charge < -0.3 is 15.6 Å². The zero-order chi connectivity index (χ0) is 16.2. The minimum absolute atomic E-state index is 0.264. The SMILES string of the molecule is COc1ccc(O)c(C=CCN2CCc3nc(N)sc3CC2)c1. The molecule has 3 rings (SSSR count). The third kappa shape index (κ3) is 3.83. The molecule has 23 heavy (non-hydrogen) atoms. The van der Waals surface area contributed by atoms with Crippen LogP contribution in [-0.4, -0.2) is 41.7 Å². The van der Waals surface area contributed by atoms with E-state index in [1.54, 1.807) is 30.6 Å². The minimum Gasteiger partial charge on any atom is -0.507 e. The van der Waals surface area contributed by atoms with Crippen LogP contribution in [0, 0.1) is 0 Å². The smallest absolute Gasteiger partial charge is 0.180 e. The summed E-state index contributed by atoms with van der Waals surface area (Å²) in [5.41, 5.74) is 7.70. The van der Waals surface area contributed by atoms with Gasteiger partial charge >= 0.3 is 0 Å². The molecule has 0 saturated carbocycles. The maximum Gasteiger partial charge on any atom is 0.180 e. The van der Waals surface area contributed by atoms with Gasteiger partial charge in [-0.3, -0.25) is 4.90 Å². The molecular weight excluding hydrogens is 310 g/mol.